The first kappa shape index (κ1) is 20.7. The van der Waals surface area contributed by atoms with Crippen molar-refractivity contribution in [1.82, 2.24) is 0 Å². The fourth-order valence-electron chi connectivity index (χ4n) is 5.22. The molecule has 154 valence electrons. The summed E-state index contributed by atoms with van der Waals surface area (Å²) in [6.07, 6.45) is 3.90. The van der Waals surface area contributed by atoms with Gasteiger partial charge < -0.3 is 19.7 Å². The minimum absolute atomic E-state index is 0.0125. The minimum atomic E-state index is -1.78. The van der Waals surface area contributed by atoms with Crippen LogP contribution in [0.4, 0.5) is 0 Å². The van der Waals surface area contributed by atoms with E-state index in [2.05, 4.69) is 0 Å². The van der Waals surface area contributed by atoms with Gasteiger partial charge in [0.15, 0.2) is 5.78 Å². The normalized spacial score (nSPS) is 39.9. The predicted molar refractivity (Wildman–Crippen MR) is 98.9 cm³/mol. The van der Waals surface area contributed by atoms with Crippen molar-refractivity contribution in [1.29, 1.82) is 0 Å². The summed E-state index contributed by atoms with van der Waals surface area (Å²) >= 11 is 0. The summed E-state index contributed by atoms with van der Waals surface area (Å²) < 4.78 is 10.5. The highest BCUT2D eigenvalue weighted by molar-refractivity contribution is 6.04. The van der Waals surface area contributed by atoms with E-state index in [1.54, 1.807) is 19.1 Å². The fraction of sp³-hybridized carbons (Fsp3) is 0.667. The highest BCUT2D eigenvalue weighted by Gasteiger charge is 2.63. The lowest BCUT2D eigenvalue weighted by molar-refractivity contribution is -0.183. The van der Waals surface area contributed by atoms with E-state index in [4.69, 9.17) is 9.47 Å². The van der Waals surface area contributed by atoms with Gasteiger partial charge in [-0.1, -0.05) is 19.1 Å². The Balaban J connectivity index is 2.04. The maximum absolute atomic E-state index is 12.8. The van der Waals surface area contributed by atoms with Gasteiger partial charge in [-0.2, -0.15) is 0 Å². The van der Waals surface area contributed by atoms with Crippen molar-refractivity contribution >= 4 is 17.7 Å². The Morgan fingerprint density at radius 2 is 1.86 bits per heavy atom. The predicted octanol–water partition coefficient (Wildman–Crippen LogP) is 1.46. The fourth-order valence-corrected chi connectivity index (χ4v) is 5.22. The third kappa shape index (κ3) is 3.31. The molecular weight excluding hydrogens is 364 g/mol. The molecule has 3 aliphatic carbocycles. The van der Waals surface area contributed by atoms with Gasteiger partial charge in [-0.15, -0.1) is 0 Å². The van der Waals surface area contributed by atoms with E-state index in [1.165, 1.54) is 13.8 Å². The van der Waals surface area contributed by atoms with Crippen molar-refractivity contribution in [2.45, 2.75) is 64.3 Å². The highest BCUT2D eigenvalue weighted by atomic mass is 16.5. The molecule has 0 amide bonds. The van der Waals surface area contributed by atoms with E-state index >= 15 is 0 Å². The van der Waals surface area contributed by atoms with Crippen LogP contribution in [0, 0.1) is 17.8 Å². The lowest BCUT2D eigenvalue weighted by Gasteiger charge is -2.50. The van der Waals surface area contributed by atoms with Crippen molar-refractivity contribution in [2.24, 2.45) is 17.8 Å². The Kier molecular flexibility index (Phi) is 5.27. The number of hydrogen-bond acceptors (Lipinski definition) is 7. The number of Topliss-reactive ketones (excluding diaryl/α,β-unsaturated/α-hetero) is 1. The van der Waals surface area contributed by atoms with E-state index in [0.29, 0.717) is 24.0 Å². The maximum Gasteiger partial charge on any atom is 0.302 e. The molecule has 3 aliphatic rings. The van der Waals surface area contributed by atoms with Gasteiger partial charge in [-0.25, -0.2) is 0 Å². The Hall–Kier alpha value is -1.99. The van der Waals surface area contributed by atoms with Gasteiger partial charge in [-0.3, -0.25) is 14.4 Å². The van der Waals surface area contributed by atoms with Gasteiger partial charge in [0.05, 0.1) is 5.60 Å². The molecule has 0 aromatic heterocycles. The number of aliphatic hydroxyl groups is 2. The largest absolute Gasteiger partial charge is 0.463 e. The number of ketones is 1. The third-order valence-corrected chi connectivity index (χ3v) is 6.42. The van der Waals surface area contributed by atoms with Crippen LogP contribution in [-0.2, 0) is 23.9 Å². The molecule has 1 fully saturated rings. The monoisotopic (exact) mass is 392 g/mol. The number of carbonyl (C=O) groups excluding carboxylic acids is 3. The molecule has 7 nitrogen and oxygen atoms in total. The molecule has 7 heteroatoms. The van der Waals surface area contributed by atoms with Gasteiger partial charge in [-0.05, 0) is 36.8 Å². The van der Waals surface area contributed by atoms with Gasteiger partial charge in [0.25, 0.3) is 0 Å². The number of hydrogen-bond donors (Lipinski definition) is 2. The second-order valence-electron chi connectivity index (χ2n) is 8.46. The molecule has 0 unspecified atom stereocenters. The maximum atomic E-state index is 12.8. The molecule has 28 heavy (non-hydrogen) atoms. The van der Waals surface area contributed by atoms with Crippen molar-refractivity contribution in [3.63, 3.8) is 0 Å². The van der Waals surface area contributed by atoms with Gasteiger partial charge >= 0.3 is 11.9 Å². The van der Waals surface area contributed by atoms with Crippen LogP contribution in [0.1, 0.15) is 47.0 Å². The van der Waals surface area contributed by atoms with Gasteiger partial charge in [0, 0.05) is 32.1 Å². The molecule has 0 aromatic rings. The van der Waals surface area contributed by atoms with Crippen molar-refractivity contribution in [2.75, 3.05) is 6.61 Å². The van der Waals surface area contributed by atoms with E-state index in [-0.39, 0.29) is 31.0 Å². The van der Waals surface area contributed by atoms with Crippen LogP contribution in [-0.4, -0.2) is 51.8 Å². The van der Waals surface area contributed by atoms with Crippen LogP contribution in [0.5, 0.6) is 0 Å². The number of fused-ring (bicyclic) bond motifs is 3. The lowest BCUT2D eigenvalue weighted by atomic mass is 9.60. The van der Waals surface area contributed by atoms with E-state index in [1.807, 2.05) is 6.92 Å². The molecule has 0 aromatic carbocycles. The molecular formula is C21H28O7. The first-order valence-corrected chi connectivity index (χ1v) is 9.66. The number of esters is 2. The van der Waals surface area contributed by atoms with Crippen molar-refractivity contribution in [3.05, 3.63) is 23.3 Å². The SMILES string of the molecule is CC(=O)OCC1=C[C@H]2C[C@@H](OC(C)=O)C[C@@H](C)[C@]2(O)[C@@H]2C=C(C)C(=O)[C@@]2(O)C1. The molecule has 1 saturated carbocycles. The summed E-state index contributed by atoms with van der Waals surface area (Å²) in [5.74, 6) is -2.83. The Morgan fingerprint density at radius 3 is 2.46 bits per heavy atom. The summed E-state index contributed by atoms with van der Waals surface area (Å²) in [5.41, 5.74) is -2.16. The quantitative estimate of drug-likeness (QED) is 0.553. The summed E-state index contributed by atoms with van der Waals surface area (Å²) in [7, 11) is 0. The summed E-state index contributed by atoms with van der Waals surface area (Å²) in [5, 5.41) is 23.2. The molecule has 2 N–H and O–H groups in total. The van der Waals surface area contributed by atoms with Crippen LogP contribution in [0.3, 0.4) is 0 Å². The highest BCUT2D eigenvalue weighted by Crippen LogP contribution is 2.54. The van der Waals surface area contributed by atoms with Crippen LogP contribution in [0.2, 0.25) is 0 Å². The zero-order valence-electron chi connectivity index (χ0n) is 16.7. The number of ether oxygens (including phenoxy) is 2. The first-order chi connectivity index (χ1) is 13.0. The lowest BCUT2D eigenvalue weighted by Crippen LogP contribution is -2.60. The smallest absolute Gasteiger partial charge is 0.302 e. The van der Waals surface area contributed by atoms with Crippen LogP contribution >= 0.6 is 0 Å². The average molecular weight is 392 g/mol. The standard InChI is InChI=1S/C21H28O7/c1-11-5-18-20(25,19(11)24)9-15(10-27-13(3)22)7-16-8-17(28-14(4)23)6-12(2)21(16,18)26/h5,7,12,16-18,25-26H,6,8-10H2,1-4H3/t12-,16+,17+,18-,20-,21-/m1/s1. The number of carbonyl (C=O) groups is 3. The van der Waals surface area contributed by atoms with Gasteiger partial charge in [0.2, 0.25) is 0 Å². The summed E-state index contributed by atoms with van der Waals surface area (Å²) in [6, 6.07) is 0. The molecule has 6 atom stereocenters. The van der Waals surface area contributed by atoms with E-state index < -0.39 is 34.8 Å². The second kappa shape index (κ2) is 7.12. The average Bonchev–Trinajstić information content (AvgIpc) is 2.75. The van der Waals surface area contributed by atoms with Crippen molar-refractivity contribution < 1.29 is 34.1 Å². The Labute approximate surface area is 164 Å². The van der Waals surface area contributed by atoms with Gasteiger partial charge in [0.1, 0.15) is 18.3 Å². The topological polar surface area (TPSA) is 110 Å². The molecule has 0 aliphatic heterocycles. The van der Waals surface area contributed by atoms with E-state index in [9.17, 15) is 24.6 Å². The molecule has 0 saturated heterocycles. The van der Waals surface area contributed by atoms with Crippen LogP contribution < -0.4 is 0 Å². The van der Waals surface area contributed by atoms with Crippen LogP contribution in [0.15, 0.2) is 23.3 Å². The molecule has 0 spiro atoms. The number of rotatable bonds is 3. The third-order valence-electron chi connectivity index (χ3n) is 6.42. The Bertz CT molecular complexity index is 767. The first-order valence-electron chi connectivity index (χ1n) is 9.66. The zero-order chi connectivity index (χ0) is 20.9. The summed E-state index contributed by atoms with van der Waals surface area (Å²) in [6.45, 7) is 6.06. The molecule has 3 rings (SSSR count). The summed E-state index contributed by atoms with van der Waals surface area (Å²) in [4.78, 5) is 35.5. The van der Waals surface area contributed by atoms with Crippen molar-refractivity contribution in [3.8, 4) is 0 Å². The molecule has 0 bridgehead atoms. The van der Waals surface area contributed by atoms with Crippen LogP contribution in [0.25, 0.3) is 0 Å². The molecule has 0 radical (unpaired) electrons. The Morgan fingerprint density at radius 1 is 1.18 bits per heavy atom. The molecule has 0 heterocycles. The second-order valence-corrected chi connectivity index (χ2v) is 8.46. The minimum Gasteiger partial charge on any atom is -0.463 e. The zero-order valence-corrected chi connectivity index (χ0v) is 16.7. The van der Waals surface area contributed by atoms with E-state index in [0.717, 1.165) is 0 Å².